The topological polar surface area (TPSA) is 274 Å². The van der Waals surface area contributed by atoms with Crippen molar-refractivity contribution >= 4 is 47.4 Å². The summed E-state index contributed by atoms with van der Waals surface area (Å²) in [6.07, 6.45) is -5.47. The van der Waals surface area contributed by atoms with Crippen LogP contribution in [0.2, 0.25) is 0 Å². The monoisotopic (exact) mass is 699 g/mol. The van der Waals surface area contributed by atoms with Crippen molar-refractivity contribution < 1.29 is 51.8 Å². The molecule has 1 aromatic rings. The fourth-order valence-corrected chi connectivity index (χ4v) is 4.57. The number of alkyl halides is 3. The highest BCUT2D eigenvalue weighted by Gasteiger charge is 2.39. The van der Waals surface area contributed by atoms with Gasteiger partial charge in [0.1, 0.15) is 24.2 Å². The van der Waals surface area contributed by atoms with Crippen molar-refractivity contribution in [2.75, 3.05) is 19.6 Å². The Morgan fingerprint density at radius 3 is 2.02 bits per heavy atom. The molecule has 270 valence electrons. The molecule has 6 amide bonds. The van der Waals surface area contributed by atoms with E-state index in [9.17, 15) is 51.8 Å². The second kappa shape index (κ2) is 19.5. The third-order valence-corrected chi connectivity index (χ3v) is 7.05. The van der Waals surface area contributed by atoms with Gasteiger partial charge in [-0.25, -0.2) is 0 Å². The zero-order chi connectivity index (χ0) is 36.6. The van der Waals surface area contributed by atoms with E-state index in [1.54, 1.807) is 30.3 Å². The van der Waals surface area contributed by atoms with E-state index in [0.29, 0.717) is 18.4 Å². The first-order valence-corrected chi connectivity index (χ1v) is 15.2. The third-order valence-electron chi connectivity index (χ3n) is 7.05. The summed E-state index contributed by atoms with van der Waals surface area (Å²) in [5.41, 5.74) is 6.20. The number of carboxylic acid groups (broad SMARTS) is 1. The molecular formula is C29H40F3N9O8. The lowest BCUT2D eigenvalue weighted by atomic mass is 10.0. The summed E-state index contributed by atoms with van der Waals surface area (Å²) in [7, 11) is 0. The zero-order valence-corrected chi connectivity index (χ0v) is 26.3. The smallest absolute Gasteiger partial charge is 0.471 e. The highest BCUT2D eigenvalue weighted by Crippen LogP contribution is 2.14. The number of guanidine groups is 1. The molecule has 0 spiro atoms. The van der Waals surface area contributed by atoms with Gasteiger partial charge in [-0.05, 0) is 44.2 Å². The van der Waals surface area contributed by atoms with Crippen molar-refractivity contribution in [2.24, 2.45) is 5.73 Å². The first-order chi connectivity index (χ1) is 23.1. The van der Waals surface area contributed by atoms with Crippen LogP contribution in [0.3, 0.4) is 0 Å². The van der Waals surface area contributed by atoms with E-state index in [2.05, 4.69) is 31.9 Å². The zero-order valence-electron chi connectivity index (χ0n) is 26.3. The number of rotatable bonds is 12. The van der Waals surface area contributed by atoms with Gasteiger partial charge in [0.05, 0.1) is 13.0 Å². The van der Waals surface area contributed by atoms with Gasteiger partial charge < -0.3 is 42.7 Å². The second-order valence-corrected chi connectivity index (χ2v) is 11.0. The Morgan fingerprint density at radius 2 is 1.41 bits per heavy atom. The number of amides is 6. The van der Waals surface area contributed by atoms with E-state index < -0.39 is 90.7 Å². The van der Waals surface area contributed by atoms with Crippen LogP contribution in [0.25, 0.3) is 0 Å². The average Bonchev–Trinajstić information content (AvgIpc) is 3.03. The van der Waals surface area contributed by atoms with Gasteiger partial charge in [0.15, 0.2) is 5.96 Å². The lowest BCUT2D eigenvalue weighted by Gasteiger charge is -2.26. The van der Waals surface area contributed by atoms with Gasteiger partial charge in [-0.1, -0.05) is 30.3 Å². The molecule has 1 saturated heterocycles. The number of nitrogens with one attached hydrogen (secondary N) is 8. The van der Waals surface area contributed by atoms with Gasteiger partial charge in [0.25, 0.3) is 0 Å². The molecule has 49 heavy (non-hydrogen) atoms. The van der Waals surface area contributed by atoms with Gasteiger partial charge in [0, 0.05) is 13.0 Å². The molecule has 17 nitrogen and oxygen atoms in total. The molecule has 4 atom stereocenters. The molecule has 20 heteroatoms. The molecule has 1 aliphatic rings. The van der Waals surface area contributed by atoms with Gasteiger partial charge in [-0.2, -0.15) is 13.2 Å². The molecule has 1 fully saturated rings. The van der Waals surface area contributed by atoms with Crippen LogP contribution in [0.4, 0.5) is 13.2 Å². The van der Waals surface area contributed by atoms with Crippen LogP contribution in [0.1, 0.15) is 44.1 Å². The highest BCUT2D eigenvalue weighted by atomic mass is 19.4. The van der Waals surface area contributed by atoms with Crippen molar-refractivity contribution in [2.45, 2.75) is 75.3 Å². The van der Waals surface area contributed by atoms with Gasteiger partial charge >= 0.3 is 18.1 Å². The number of unbranched alkanes of at least 4 members (excludes halogenated alkanes) is 1. The van der Waals surface area contributed by atoms with Crippen molar-refractivity contribution in [3.8, 4) is 0 Å². The molecule has 1 heterocycles. The van der Waals surface area contributed by atoms with E-state index in [1.165, 1.54) is 5.32 Å². The average molecular weight is 700 g/mol. The Balaban J connectivity index is 2.34. The largest absolute Gasteiger partial charge is 0.481 e. The maximum absolute atomic E-state index is 13.6. The fourth-order valence-electron chi connectivity index (χ4n) is 4.57. The summed E-state index contributed by atoms with van der Waals surface area (Å²) in [5.74, 6) is -9.25. The predicted molar refractivity (Wildman–Crippen MR) is 165 cm³/mol. The van der Waals surface area contributed by atoms with Crippen LogP contribution < -0.4 is 43.0 Å². The number of carbonyl (C=O) groups is 7. The molecule has 1 aliphatic heterocycles. The van der Waals surface area contributed by atoms with E-state index in [4.69, 9.17) is 11.1 Å². The number of carbonyl (C=O) groups excluding carboxylic acids is 6. The van der Waals surface area contributed by atoms with Crippen LogP contribution in [-0.2, 0) is 40.0 Å². The molecule has 11 N–H and O–H groups in total. The Bertz CT molecular complexity index is 1360. The van der Waals surface area contributed by atoms with E-state index in [0.717, 1.165) is 0 Å². The number of benzene rings is 1. The molecule has 2 rings (SSSR count). The van der Waals surface area contributed by atoms with E-state index >= 15 is 0 Å². The lowest BCUT2D eigenvalue weighted by Crippen LogP contribution is -2.58. The molecular weight excluding hydrogens is 659 g/mol. The summed E-state index contributed by atoms with van der Waals surface area (Å²) in [6.45, 7) is -0.692. The van der Waals surface area contributed by atoms with E-state index in [1.807, 2.05) is 0 Å². The Hall–Kier alpha value is -5.27. The molecule has 0 bridgehead atoms. The molecule has 0 radical (unpaired) electrons. The summed E-state index contributed by atoms with van der Waals surface area (Å²) in [4.78, 5) is 88.6. The minimum absolute atomic E-state index is 0.0444. The first-order valence-electron chi connectivity index (χ1n) is 15.2. The van der Waals surface area contributed by atoms with Crippen LogP contribution >= 0.6 is 0 Å². The number of aliphatic carboxylic acids is 1. The van der Waals surface area contributed by atoms with Crippen molar-refractivity contribution in [3.05, 3.63) is 35.9 Å². The maximum atomic E-state index is 13.6. The molecule has 0 aliphatic carbocycles. The van der Waals surface area contributed by atoms with Gasteiger partial charge in [-0.15, -0.1) is 0 Å². The first kappa shape index (κ1) is 39.9. The second-order valence-electron chi connectivity index (χ2n) is 11.0. The Morgan fingerprint density at radius 1 is 0.837 bits per heavy atom. The summed E-state index contributed by atoms with van der Waals surface area (Å²) >= 11 is 0. The third kappa shape index (κ3) is 14.6. The quantitative estimate of drug-likeness (QED) is 0.0644. The van der Waals surface area contributed by atoms with Crippen molar-refractivity contribution in [3.63, 3.8) is 0 Å². The summed E-state index contributed by atoms with van der Waals surface area (Å²) in [5, 5.41) is 32.4. The van der Waals surface area contributed by atoms with Gasteiger partial charge in [0.2, 0.25) is 29.5 Å². The number of hydrogen-bond acceptors (Lipinski definition) is 9. The number of nitrogens with two attached hydrogens (primary N) is 1. The van der Waals surface area contributed by atoms with Crippen molar-refractivity contribution in [1.82, 2.24) is 37.2 Å². The molecule has 1 aromatic carbocycles. The molecule has 0 saturated carbocycles. The number of carboxylic acids is 1. The molecule has 0 unspecified atom stereocenters. The van der Waals surface area contributed by atoms with Crippen molar-refractivity contribution in [1.29, 1.82) is 5.41 Å². The Kier molecular flexibility index (Phi) is 15.9. The number of hydrogen-bond donors (Lipinski definition) is 10. The predicted octanol–water partition coefficient (Wildman–Crippen LogP) is -2.12. The van der Waals surface area contributed by atoms with Crippen LogP contribution in [0, 0.1) is 5.41 Å². The van der Waals surface area contributed by atoms with E-state index in [-0.39, 0.29) is 38.8 Å². The van der Waals surface area contributed by atoms with Crippen LogP contribution in [0.15, 0.2) is 30.3 Å². The SMILES string of the molecule is N=C(NCCC[C@@H]1NC(=O)[C@H](CCCCN)NC(=O)[C@@H](Cc2ccccc2)NC(=O)[C@H](CC(=O)O)NC(=O)CNC1=O)NC(=O)C(F)(F)F. The molecule has 0 aromatic heterocycles. The highest BCUT2D eigenvalue weighted by molar-refractivity contribution is 5.99. The summed E-state index contributed by atoms with van der Waals surface area (Å²) in [6, 6.07) is 2.90. The lowest BCUT2D eigenvalue weighted by molar-refractivity contribution is -0.172. The maximum Gasteiger partial charge on any atom is 0.471 e. The summed E-state index contributed by atoms with van der Waals surface area (Å²) < 4.78 is 37.3. The normalized spacial score (nSPS) is 21.0. The minimum Gasteiger partial charge on any atom is -0.481 e. The fraction of sp³-hybridized carbons (Fsp3) is 0.517. The number of halogens is 3. The minimum atomic E-state index is -5.22. The van der Waals surface area contributed by atoms with Crippen LogP contribution in [-0.4, -0.2) is 102 Å². The Labute approximate surface area is 278 Å². The van der Waals surface area contributed by atoms with Gasteiger partial charge in [-0.3, -0.25) is 44.3 Å². The standard InChI is InChI=1S/C29H40F3N9O8/c30-29(31,32)27(49)41-28(34)35-12-6-10-17-23(45)36-15-21(42)37-20(14-22(43)44)26(48)40-19(13-16-7-2-1-3-8-16)25(47)39-18(24(46)38-17)9-4-5-11-33/h1-3,7-8,17-20H,4-6,9-15,33H2,(H,36,45)(H,37,42)(H,38,46)(H,39,47)(H,40,48)(H,43,44)(H3,34,35,41,49)/t17-,18-,19+,20-/m0/s1. The van der Waals surface area contributed by atoms with Crippen LogP contribution in [0.5, 0.6) is 0 Å².